The van der Waals surface area contributed by atoms with Crippen LogP contribution in [-0.2, 0) is 9.84 Å². The Balaban J connectivity index is 1.76. The Hall–Kier alpha value is -1.30. The Morgan fingerprint density at radius 3 is 2.46 bits per heavy atom. The van der Waals surface area contributed by atoms with Gasteiger partial charge in [0.1, 0.15) is 5.82 Å². The molecule has 0 spiro atoms. The number of aryl methyl sites for hydroxylation is 1. The van der Waals surface area contributed by atoms with E-state index in [-0.39, 0.29) is 9.92 Å². The Morgan fingerprint density at radius 1 is 1.12 bits per heavy atom. The van der Waals surface area contributed by atoms with Gasteiger partial charge < -0.3 is 4.90 Å². The molecular formula is C17H18Cl2N2O2S. The van der Waals surface area contributed by atoms with Crippen molar-refractivity contribution in [2.45, 2.75) is 29.9 Å². The lowest BCUT2D eigenvalue weighted by Crippen LogP contribution is -2.40. The molecule has 2 heterocycles. The number of rotatable bonds is 3. The van der Waals surface area contributed by atoms with E-state index in [1.54, 1.807) is 6.20 Å². The number of sulfone groups is 1. The van der Waals surface area contributed by atoms with Gasteiger partial charge in [-0.2, -0.15) is 0 Å². The standard InChI is InChI=1S/C17H18Cl2N2O2S/c1-12-3-2-8-20-17(12)21-9-6-13(7-10-21)24(22,23)14-4-5-15(18)16(19)11-14/h2-5,8,11,13H,6-7,9-10H2,1H3. The molecule has 0 atom stereocenters. The molecule has 1 saturated heterocycles. The van der Waals surface area contributed by atoms with E-state index in [0.717, 1.165) is 11.4 Å². The third kappa shape index (κ3) is 3.39. The molecule has 0 amide bonds. The second-order valence-corrected chi connectivity index (χ2v) is 8.99. The van der Waals surface area contributed by atoms with Crippen molar-refractivity contribution in [3.05, 3.63) is 52.1 Å². The molecule has 3 rings (SSSR count). The monoisotopic (exact) mass is 384 g/mol. The molecule has 7 heteroatoms. The Labute approximate surface area is 152 Å². The van der Waals surface area contributed by atoms with Crippen molar-refractivity contribution in [3.8, 4) is 0 Å². The van der Waals surface area contributed by atoms with E-state index in [9.17, 15) is 8.42 Å². The molecule has 24 heavy (non-hydrogen) atoms. The second kappa shape index (κ2) is 6.90. The van der Waals surface area contributed by atoms with E-state index in [4.69, 9.17) is 23.2 Å². The Morgan fingerprint density at radius 2 is 1.83 bits per heavy atom. The highest BCUT2D eigenvalue weighted by atomic mass is 35.5. The van der Waals surface area contributed by atoms with Crippen LogP contribution in [0.2, 0.25) is 10.0 Å². The predicted octanol–water partition coefficient (Wildman–Crippen LogP) is 4.14. The van der Waals surface area contributed by atoms with Gasteiger partial charge in [0.05, 0.1) is 20.2 Å². The smallest absolute Gasteiger partial charge is 0.181 e. The molecule has 2 aromatic rings. The second-order valence-electron chi connectivity index (χ2n) is 5.95. The molecule has 1 aromatic heterocycles. The first-order valence-electron chi connectivity index (χ1n) is 7.75. The summed E-state index contributed by atoms with van der Waals surface area (Å²) in [6.07, 6.45) is 2.90. The first kappa shape index (κ1) is 17.5. The number of hydrogen-bond donors (Lipinski definition) is 0. The van der Waals surface area contributed by atoms with E-state index >= 15 is 0 Å². The van der Waals surface area contributed by atoms with Crippen molar-refractivity contribution < 1.29 is 8.42 Å². The van der Waals surface area contributed by atoms with Gasteiger partial charge in [0, 0.05) is 19.3 Å². The maximum atomic E-state index is 12.8. The maximum Gasteiger partial charge on any atom is 0.181 e. The predicted molar refractivity (Wildman–Crippen MR) is 97.9 cm³/mol. The van der Waals surface area contributed by atoms with Crippen molar-refractivity contribution in [1.29, 1.82) is 0 Å². The highest BCUT2D eigenvalue weighted by Gasteiger charge is 2.32. The van der Waals surface area contributed by atoms with Crippen LogP contribution in [0.15, 0.2) is 41.4 Å². The minimum absolute atomic E-state index is 0.240. The van der Waals surface area contributed by atoms with Crippen LogP contribution in [0.5, 0.6) is 0 Å². The van der Waals surface area contributed by atoms with E-state index in [1.165, 1.54) is 18.2 Å². The summed E-state index contributed by atoms with van der Waals surface area (Å²) in [5, 5.41) is 0.213. The van der Waals surface area contributed by atoms with Crippen LogP contribution in [-0.4, -0.2) is 31.7 Å². The minimum Gasteiger partial charge on any atom is -0.356 e. The lowest BCUT2D eigenvalue weighted by molar-refractivity contribution is 0.527. The highest BCUT2D eigenvalue weighted by molar-refractivity contribution is 7.92. The number of pyridine rings is 1. The fraction of sp³-hybridized carbons (Fsp3) is 0.353. The van der Waals surface area contributed by atoms with Gasteiger partial charge in [0.15, 0.2) is 9.84 Å². The van der Waals surface area contributed by atoms with Gasteiger partial charge in [0.2, 0.25) is 0 Å². The molecule has 128 valence electrons. The van der Waals surface area contributed by atoms with E-state index in [2.05, 4.69) is 9.88 Å². The zero-order valence-corrected chi connectivity index (χ0v) is 15.6. The number of halogens is 2. The van der Waals surface area contributed by atoms with Gasteiger partial charge in [-0.3, -0.25) is 0 Å². The molecule has 0 unspecified atom stereocenters. The van der Waals surface area contributed by atoms with Crippen molar-refractivity contribution in [3.63, 3.8) is 0 Å². The number of piperidine rings is 1. The van der Waals surface area contributed by atoms with Gasteiger partial charge >= 0.3 is 0 Å². The van der Waals surface area contributed by atoms with Crippen molar-refractivity contribution in [1.82, 2.24) is 4.98 Å². The van der Waals surface area contributed by atoms with Gasteiger partial charge in [-0.1, -0.05) is 29.3 Å². The van der Waals surface area contributed by atoms with Crippen molar-refractivity contribution in [2.75, 3.05) is 18.0 Å². The first-order valence-corrected chi connectivity index (χ1v) is 10.1. The summed E-state index contributed by atoms with van der Waals surface area (Å²) in [6, 6.07) is 8.41. The summed E-state index contributed by atoms with van der Waals surface area (Å²) in [6.45, 7) is 3.35. The Bertz CT molecular complexity index is 847. The molecule has 0 aliphatic carbocycles. The third-order valence-corrected chi connectivity index (χ3v) is 7.38. The van der Waals surface area contributed by atoms with Crippen LogP contribution < -0.4 is 4.90 Å². The average Bonchev–Trinajstić information content (AvgIpc) is 2.58. The third-order valence-electron chi connectivity index (χ3n) is 4.38. The number of nitrogens with zero attached hydrogens (tertiary/aromatic N) is 2. The maximum absolute atomic E-state index is 12.8. The van der Waals surface area contributed by atoms with E-state index < -0.39 is 15.1 Å². The summed E-state index contributed by atoms with van der Waals surface area (Å²) >= 11 is 11.8. The average molecular weight is 385 g/mol. The number of benzene rings is 1. The van der Waals surface area contributed by atoms with E-state index in [0.29, 0.717) is 31.0 Å². The van der Waals surface area contributed by atoms with Crippen molar-refractivity contribution in [2.24, 2.45) is 0 Å². The quantitative estimate of drug-likeness (QED) is 0.797. The topological polar surface area (TPSA) is 50.3 Å². The van der Waals surface area contributed by atoms with Crippen LogP contribution in [0.25, 0.3) is 0 Å². The SMILES string of the molecule is Cc1cccnc1N1CCC(S(=O)(=O)c2ccc(Cl)c(Cl)c2)CC1. The molecule has 1 fully saturated rings. The fourth-order valence-electron chi connectivity index (χ4n) is 3.03. The zero-order chi connectivity index (χ0) is 17.3. The lowest BCUT2D eigenvalue weighted by Gasteiger charge is -2.33. The van der Waals surface area contributed by atoms with Crippen LogP contribution in [0.1, 0.15) is 18.4 Å². The van der Waals surface area contributed by atoms with Crippen LogP contribution in [0.4, 0.5) is 5.82 Å². The number of aromatic nitrogens is 1. The summed E-state index contributed by atoms with van der Waals surface area (Å²) in [7, 11) is -3.41. The fourth-order valence-corrected chi connectivity index (χ4v) is 5.15. The largest absolute Gasteiger partial charge is 0.356 e. The molecule has 0 saturated carbocycles. The molecule has 0 bridgehead atoms. The Kier molecular flexibility index (Phi) is 5.04. The lowest BCUT2D eigenvalue weighted by atomic mass is 10.1. The van der Waals surface area contributed by atoms with Crippen LogP contribution in [0.3, 0.4) is 0 Å². The van der Waals surface area contributed by atoms with Crippen molar-refractivity contribution >= 4 is 38.9 Å². The zero-order valence-electron chi connectivity index (χ0n) is 13.2. The van der Waals surface area contributed by atoms with E-state index in [1.807, 2.05) is 19.1 Å². The number of anilines is 1. The summed E-state index contributed by atoms with van der Waals surface area (Å²) < 4.78 is 25.6. The van der Waals surface area contributed by atoms with Gasteiger partial charge in [0.25, 0.3) is 0 Å². The highest BCUT2D eigenvalue weighted by Crippen LogP contribution is 2.31. The summed E-state index contributed by atoms with van der Waals surface area (Å²) in [5.41, 5.74) is 1.10. The molecule has 4 nitrogen and oxygen atoms in total. The molecule has 1 aliphatic heterocycles. The molecular weight excluding hydrogens is 367 g/mol. The molecule has 0 N–H and O–H groups in total. The van der Waals surface area contributed by atoms with Gasteiger partial charge in [-0.15, -0.1) is 0 Å². The van der Waals surface area contributed by atoms with Crippen LogP contribution in [0, 0.1) is 6.92 Å². The van der Waals surface area contributed by atoms with Crippen LogP contribution >= 0.6 is 23.2 Å². The summed E-state index contributed by atoms with van der Waals surface area (Å²) in [4.78, 5) is 6.80. The van der Waals surface area contributed by atoms with Gasteiger partial charge in [-0.05, 0) is 49.6 Å². The summed E-state index contributed by atoms with van der Waals surface area (Å²) in [5.74, 6) is 0.933. The normalized spacial score (nSPS) is 16.4. The molecule has 0 radical (unpaired) electrons. The first-order chi connectivity index (χ1) is 11.4. The molecule has 1 aliphatic rings. The minimum atomic E-state index is -3.41. The number of hydrogen-bond acceptors (Lipinski definition) is 4. The molecule has 1 aromatic carbocycles. The van der Waals surface area contributed by atoms with Gasteiger partial charge in [-0.25, -0.2) is 13.4 Å².